The zero-order valence-electron chi connectivity index (χ0n) is 10.3. The van der Waals surface area contributed by atoms with Crippen molar-refractivity contribution in [2.75, 3.05) is 5.73 Å². The third-order valence-electron chi connectivity index (χ3n) is 2.64. The summed E-state index contributed by atoms with van der Waals surface area (Å²) in [6, 6.07) is 7.09. The first-order chi connectivity index (χ1) is 9.08. The third kappa shape index (κ3) is 3.20. The van der Waals surface area contributed by atoms with Gasteiger partial charge in [-0.1, -0.05) is 23.7 Å². The highest BCUT2D eigenvalue weighted by atomic mass is 35.5. The number of hydrogen-bond acceptors (Lipinski definition) is 4. The first kappa shape index (κ1) is 13.3. The maximum Gasteiger partial charge on any atom is 0.274 e. The van der Waals surface area contributed by atoms with E-state index in [-0.39, 0.29) is 23.5 Å². The van der Waals surface area contributed by atoms with Crippen molar-refractivity contribution in [3.63, 3.8) is 0 Å². The van der Waals surface area contributed by atoms with Crippen molar-refractivity contribution in [2.24, 2.45) is 0 Å². The summed E-state index contributed by atoms with van der Waals surface area (Å²) in [6.07, 6.45) is 2.86. The van der Waals surface area contributed by atoms with Gasteiger partial charge < -0.3 is 11.1 Å². The molecule has 3 N–H and O–H groups in total. The molecule has 2 rings (SSSR count). The standard InChI is InChI=1S/C13H13ClN4O/c1-8(9-3-2-4-10(14)7-9)18-13(19)11-12(15)17-6-5-16-11/h2-8H,1H3,(H2,15,17)(H,18,19). The summed E-state index contributed by atoms with van der Waals surface area (Å²) in [4.78, 5) is 19.8. The molecule has 0 spiro atoms. The third-order valence-corrected chi connectivity index (χ3v) is 2.87. The molecular weight excluding hydrogens is 264 g/mol. The van der Waals surface area contributed by atoms with Crippen LogP contribution >= 0.6 is 11.6 Å². The molecule has 0 aliphatic heterocycles. The second kappa shape index (κ2) is 5.67. The number of nitrogen functional groups attached to an aromatic ring is 1. The Kier molecular flexibility index (Phi) is 3.97. The summed E-state index contributed by atoms with van der Waals surface area (Å²) >= 11 is 5.91. The van der Waals surface area contributed by atoms with Gasteiger partial charge >= 0.3 is 0 Å². The van der Waals surface area contributed by atoms with Crippen molar-refractivity contribution in [2.45, 2.75) is 13.0 Å². The number of rotatable bonds is 3. The van der Waals surface area contributed by atoms with Crippen molar-refractivity contribution < 1.29 is 4.79 Å². The lowest BCUT2D eigenvalue weighted by atomic mass is 10.1. The Morgan fingerprint density at radius 1 is 1.37 bits per heavy atom. The molecule has 98 valence electrons. The van der Waals surface area contributed by atoms with Gasteiger partial charge in [-0.05, 0) is 24.6 Å². The number of hydrogen-bond donors (Lipinski definition) is 2. The number of anilines is 1. The van der Waals surface area contributed by atoms with Crippen LogP contribution in [0.1, 0.15) is 29.0 Å². The summed E-state index contributed by atoms with van der Waals surface area (Å²) in [7, 11) is 0. The summed E-state index contributed by atoms with van der Waals surface area (Å²) in [5.74, 6) is -0.253. The molecule has 0 radical (unpaired) electrons. The molecule has 1 heterocycles. The molecule has 0 aliphatic rings. The molecule has 19 heavy (non-hydrogen) atoms. The Labute approximate surface area is 115 Å². The van der Waals surface area contributed by atoms with Gasteiger partial charge in [-0.25, -0.2) is 9.97 Å². The molecule has 1 amide bonds. The second-order valence-corrected chi connectivity index (χ2v) is 4.48. The van der Waals surface area contributed by atoms with Gasteiger partial charge in [0, 0.05) is 17.4 Å². The van der Waals surface area contributed by atoms with Gasteiger partial charge in [0.1, 0.15) is 0 Å². The molecule has 1 aromatic carbocycles. The van der Waals surface area contributed by atoms with Crippen molar-refractivity contribution >= 4 is 23.3 Å². The van der Waals surface area contributed by atoms with Crippen molar-refractivity contribution in [1.29, 1.82) is 0 Å². The van der Waals surface area contributed by atoms with E-state index in [4.69, 9.17) is 17.3 Å². The minimum atomic E-state index is -0.363. The minimum absolute atomic E-state index is 0.110. The van der Waals surface area contributed by atoms with E-state index < -0.39 is 0 Å². The number of nitrogens with one attached hydrogen (secondary N) is 1. The van der Waals surface area contributed by atoms with Crippen molar-refractivity contribution in [1.82, 2.24) is 15.3 Å². The largest absolute Gasteiger partial charge is 0.382 e. The van der Waals surface area contributed by atoms with Crippen LogP contribution in [-0.2, 0) is 0 Å². The topological polar surface area (TPSA) is 80.9 Å². The molecule has 6 heteroatoms. The molecule has 1 unspecified atom stereocenters. The molecule has 5 nitrogen and oxygen atoms in total. The zero-order valence-corrected chi connectivity index (χ0v) is 11.1. The van der Waals surface area contributed by atoms with E-state index in [0.717, 1.165) is 5.56 Å². The van der Waals surface area contributed by atoms with Gasteiger partial charge in [-0.3, -0.25) is 4.79 Å². The Morgan fingerprint density at radius 3 is 2.79 bits per heavy atom. The predicted molar refractivity (Wildman–Crippen MR) is 73.8 cm³/mol. The maximum atomic E-state index is 12.0. The molecule has 2 aromatic rings. The zero-order chi connectivity index (χ0) is 13.8. The van der Waals surface area contributed by atoms with Gasteiger partial charge in [0.25, 0.3) is 5.91 Å². The fourth-order valence-corrected chi connectivity index (χ4v) is 1.85. The molecule has 0 saturated carbocycles. The molecular formula is C13H13ClN4O. The van der Waals surface area contributed by atoms with Gasteiger partial charge in [-0.15, -0.1) is 0 Å². The first-order valence-electron chi connectivity index (χ1n) is 5.70. The lowest BCUT2D eigenvalue weighted by molar-refractivity contribution is 0.0935. The van der Waals surface area contributed by atoms with Gasteiger partial charge in [0.15, 0.2) is 11.5 Å². The van der Waals surface area contributed by atoms with Crippen LogP contribution in [0.4, 0.5) is 5.82 Å². The molecule has 1 aromatic heterocycles. The highest BCUT2D eigenvalue weighted by Gasteiger charge is 2.15. The number of carbonyl (C=O) groups is 1. The fraction of sp³-hybridized carbons (Fsp3) is 0.154. The molecule has 0 aliphatic carbocycles. The van der Waals surface area contributed by atoms with E-state index in [1.54, 1.807) is 12.1 Å². The monoisotopic (exact) mass is 276 g/mol. The lowest BCUT2D eigenvalue weighted by Crippen LogP contribution is -2.28. The smallest absolute Gasteiger partial charge is 0.274 e. The van der Waals surface area contributed by atoms with Crippen LogP contribution in [0.25, 0.3) is 0 Å². The van der Waals surface area contributed by atoms with Crippen LogP contribution in [0, 0.1) is 0 Å². The predicted octanol–water partition coefficient (Wildman–Crippen LogP) is 2.20. The van der Waals surface area contributed by atoms with Crippen molar-refractivity contribution in [3.05, 3.63) is 52.9 Å². The van der Waals surface area contributed by atoms with Crippen LogP contribution in [0.5, 0.6) is 0 Å². The number of amides is 1. The van der Waals surface area contributed by atoms with Crippen LogP contribution in [0.15, 0.2) is 36.7 Å². The van der Waals surface area contributed by atoms with Crippen molar-refractivity contribution in [3.8, 4) is 0 Å². The molecule has 0 saturated heterocycles. The average Bonchev–Trinajstić information content (AvgIpc) is 2.39. The fourth-order valence-electron chi connectivity index (χ4n) is 1.65. The van der Waals surface area contributed by atoms with Gasteiger partial charge in [-0.2, -0.15) is 0 Å². The summed E-state index contributed by atoms with van der Waals surface area (Å²) in [6.45, 7) is 1.86. The first-order valence-corrected chi connectivity index (χ1v) is 6.08. The Morgan fingerprint density at radius 2 is 2.11 bits per heavy atom. The van der Waals surface area contributed by atoms with Crippen LogP contribution < -0.4 is 11.1 Å². The van der Waals surface area contributed by atoms with E-state index in [1.807, 2.05) is 19.1 Å². The molecule has 1 atom stereocenters. The Balaban J connectivity index is 2.13. The second-order valence-electron chi connectivity index (χ2n) is 4.04. The summed E-state index contributed by atoms with van der Waals surface area (Å²) in [5.41, 5.74) is 6.63. The van der Waals surface area contributed by atoms with Crippen LogP contribution in [0.2, 0.25) is 5.02 Å². The minimum Gasteiger partial charge on any atom is -0.382 e. The lowest BCUT2D eigenvalue weighted by Gasteiger charge is -2.14. The number of benzene rings is 1. The number of aromatic nitrogens is 2. The number of carbonyl (C=O) groups excluding carboxylic acids is 1. The number of nitrogens with two attached hydrogens (primary N) is 1. The number of halogens is 1. The number of nitrogens with zero attached hydrogens (tertiary/aromatic N) is 2. The van der Waals surface area contributed by atoms with E-state index >= 15 is 0 Å². The maximum absolute atomic E-state index is 12.0. The SMILES string of the molecule is CC(NC(=O)c1nccnc1N)c1cccc(Cl)c1. The summed E-state index contributed by atoms with van der Waals surface area (Å²) < 4.78 is 0. The van der Waals surface area contributed by atoms with E-state index in [9.17, 15) is 4.79 Å². The van der Waals surface area contributed by atoms with Gasteiger partial charge in [0.2, 0.25) is 0 Å². The van der Waals surface area contributed by atoms with E-state index in [2.05, 4.69) is 15.3 Å². The quantitative estimate of drug-likeness (QED) is 0.900. The average molecular weight is 277 g/mol. The molecule has 0 fully saturated rings. The highest BCUT2D eigenvalue weighted by molar-refractivity contribution is 6.30. The van der Waals surface area contributed by atoms with E-state index in [1.165, 1.54) is 12.4 Å². The molecule has 0 bridgehead atoms. The Hall–Kier alpha value is -2.14. The normalized spacial score (nSPS) is 11.9. The van der Waals surface area contributed by atoms with Crippen LogP contribution in [-0.4, -0.2) is 15.9 Å². The van der Waals surface area contributed by atoms with E-state index in [0.29, 0.717) is 5.02 Å². The highest BCUT2D eigenvalue weighted by Crippen LogP contribution is 2.18. The van der Waals surface area contributed by atoms with Gasteiger partial charge in [0.05, 0.1) is 6.04 Å². The summed E-state index contributed by atoms with van der Waals surface area (Å²) in [5, 5.41) is 3.42. The Bertz CT molecular complexity index is 603. The van der Waals surface area contributed by atoms with Crippen LogP contribution in [0.3, 0.4) is 0 Å².